The smallest absolute Gasteiger partial charge is 0.119 e. The Labute approximate surface area is 112 Å². The highest BCUT2D eigenvalue weighted by Gasteiger charge is 2.20. The SMILES string of the molecule is CC(C)Oc1ccc(-n2cc(C(C)(C)O)nn2)cc1. The van der Waals surface area contributed by atoms with Gasteiger partial charge in [-0.15, -0.1) is 5.10 Å². The zero-order valence-corrected chi connectivity index (χ0v) is 11.7. The standard InChI is InChI=1S/C14H19N3O2/c1-10(2)19-12-7-5-11(6-8-12)17-9-13(15-16-17)14(3,4)18/h5-10,18H,1-4H3. The molecule has 0 saturated carbocycles. The van der Waals surface area contributed by atoms with E-state index in [1.807, 2.05) is 38.1 Å². The first-order chi connectivity index (χ1) is 8.86. The Kier molecular flexibility index (Phi) is 3.57. The summed E-state index contributed by atoms with van der Waals surface area (Å²) in [7, 11) is 0. The predicted octanol–water partition coefficient (Wildman–Crippen LogP) is 2.28. The summed E-state index contributed by atoms with van der Waals surface area (Å²) in [5.74, 6) is 0.821. The fourth-order valence-electron chi connectivity index (χ4n) is 1.62. The van der Waals surface area contributed by atoms with Crippen LogP contribution in [0.2, 0.25) is 0 Å². The van der Waals surface area contributed by atoms with Crippen molar-refractivity contribution in [2.24, 2.45) is 0 Å². The van der Waals surface area contributed by atoms with E-state index in [2.05, 4.69) is 10.3 Å². The molecule has 0 radical (unpaired) electrons. The second kappa shape index (κ2) is 5.01. The van der Waals surface area contributed by atoms with Gasteiger partial charge < -0.3 is 9.84 Å². The molecule has 102 valence electrons. The fraction of sp³-hybridized carbons (Fsp3) is 0.429. The molecule has 0 spiro atoms. The molecule has 1 aromatic heterocycles. The summed E-state index contributed by atoms with van der Waals surface area (Å²) in [4.78, 5) is 0. The van der Waals surface area contributed by atoms with Crippen LogP contribution in [0.1, 0.15) is 33.4 Å². The minimum absolute atomic E-state index is 0.152. The molecule has 0 aliphatic heterocycles. The third-order valence-electron chi connectivity index (χ3n) is 2.59. The topological polar surface area (TPSA) is 60.2 Å². The summed E-state index contributed by atoms with van der Waals surface area (Å²) < 4.78 is 7.21. The summed E-state index contributed by atoms with van der Waals surface area (Å²) in [6, 6.07) is 7.59. The molecular formula is C14H19N3O2. The van der Waals surface area contributed by atoms with Crippen LogP contribution in [0.5, 0.6) is 5.75 Å². The van der Waals surface area contributed by atoms with Crippen LogP contribution < -0.4 is 4.74 Å². The van der Waals surface area contributed by atoms with Crippen molar-refractivity contribution in [1.29, 1.82) is 0 Å². The molecular weight excluding hydrogens is 242 g/mol. The van der Waals surface area contributed by atoms with E-state index in [9.17, 15) is 5.11 Å². The summed E-state index contributed by atoms with van der Waals surface area (Å²) >= 11 is 0. The molecule has 5 nitrogen and oxygen atoms in total. The molecule has 1 heterocycles. The number of aliphatic hydroxyl groups is 1. The normalized spacial score (nSPS) is 11.9. The van der Waals surface area contributed by atoms with Crippen molar-refractivity contribution >= 4 is 0 Å². The number of hydrogen-bond donors (Lipinski definition) is 1. The van der Waals surface area contributed by atoms with Crippen LogP contribution in [0.15, 0.2) is 30.5 Å². The van der Waals surface area contributed by atoms with Gasteiger partial charge in [0.1, 0.15) is 17.0 Å². The maximum Gasteiger partial charge on any atom is 0.119 e. The van der Waals surface area contributed by atoms with Crippen molar-refractivity contribution in [2.75, 3.05) is 0 Å². The summed E-state index contributed by atoms with van der Waals surface area (Å²) in [5.41, 5.74) is 0.424. The van der Waals surface area contributed by atoms with Crippen molar-refractivity contribution in [3.8, 4) is 11.4 Å². The van der Waals surface area contributed by atoms with Gasteiger partial charge in [-0.25, -0.2) is 4.68 Å². The molecule has 0 aliphatic carbocycles. The maximum atomic E-state index is 9.86. The van der Waals surface area contributed by atoms with E-state index >= 15 is 0 Å². The van der Waals surface area contributed by atoms with Crippen LogP contribution in [0.3, 0.4) is 0 Å². The van der Waals surface area contributed by atoms with Crippen LogP contribution >= 0.6 is 0 Å². The van der Waals surface area contributed by atoms with E-state index in [1.54, 1.807) is 24.7 Å². The molecule has 0 aliphatic rings. The summed E-state index contributed by atoms with van der Waals surface area (Å²) in [6.45, 7) is 7.34. The Bertz CT molecular complexity index is 539. The first-order valence-corrected chi connectivity index (χ1v) is 6.28. The van der Waals surface area contributed by atoms with Crippen LogP contribution in [0, 0.1) is 0 Å². The van der Waals surface area contributed by atoms with Crippen molar-refractivity contribution < 1.29 is 9.84 Å². The molecule has 2 aromatic rings. The fourth-order valence-corrected chi connectivity index (χ4v) is 1.62. The second-order valence-electron chi connectivity index (χ2n) is 5.27. The van der Waals surface area contributed by atoms with Gasteiger partial charge in [0.2, 0.25) is 0 Å². The van der Waals surface area contributed by atoms with Gasteiger partial charge in [0.25, 0.3) is 0 Å². The Hall–Kier alpha value is -1.88. The average Bonchev–Trinajstić information content (AvgIpc) is 2.78. The van der Waals surface area contributed by atoms with Crippen molar-refractivity contribution in [3.63, 3.8) is 0 Å². The van der Waals surface area contributed by atoms with Crippen molar-refractivity contribution in [3.05, 3.63) is 36.2 Å². The third kappa shape index (κ3) is 3.32. The molecule has 1 aromatic carbocycles. The lowest BCUT2D eigenvalue weighted by molar-refractivity contribution is 0.0737. The molecule has 0 atom stereocenters. The average molecular weight is 261 g/mol. The molecule has 0 fully saturated rings. The van der Waals surface area contributed by atoms with Crippen LogP contribution in [-0.2, 0) is 5.60 Å². The van der Waals surface area contributed by atoms with Gasteiger partial charge in [0.15, 0.2) is 0 Å². The molecule has 5 heteroatoms. The highest BCUT2D eigenvalue weighted by Crippen LogP contribution is 2.19. The van der Waals surface area contributed by atoms with Crippen LogP contribution in [0.4, 0.5) is 0 Å². The number of rotatable bonds is 4. The zero-order valence-electron chi connectivity index (χ0n) is 11.7. The maximum absolute atomic E-state index is 9.86. The number of benzene rings is 1. The van der Waals surface area contributed by atoms with E-state index < -0.39 is 5.60 Å². The van der Waals surface area contributed by atoms with Gasteiger partial charge in [-0.3, -0.25) is 0 Å². The molecule has 1 N–H and O–H groups in total. The van der Waals surface area contributed by atoms with Crippen LogP contribution in [0.25, 0.3) is 5.69 Å². The Morgan fingerprint density at radius 2 is 1.84 bits per heavy atom. The van der Waals surface area contributed by atoms with Gasteiger partial charge in [0.05, 0.1) is 18.0 Å². The van der Waals surface area contributed by atoms with Gasteiger partial charge in [0, 0.05) is 0 Å². The first kappa shape index (κ1) is 13.5. The van der Waals surface area contributed by atoms with Gasteiger partial charge in [-0.1, -0.05) is 5.21 Å². The highest BCUT2D eigenvalue weighted by atomic mass is 16.5. The van der Waals surface area contributed by atoms with E-state index in [-0.39, 0.29) is 6.10 Å². The molecule has 0 bridgehead atoms. The van der Waals surface area contributed by atoms with E-state index in [0.29, 0.717) is 5.69 Å². The zero-order chi connectivity index (χ0) is 14.0. The number of nitrogens with zero attached hydrogens (tertiary/aromatic N) is 3. The number of ether oxygens (including phenoxy) is 1. The van der Waals surface area contributed by atoms with E-state index in [4.69, 9.17) is 4.74 Å². The monoisotopic (exact) mass is 261 g/mol. The van der Waals surface area contributed by atoms with Gasteiger partial charge >= 0.3 is 0 Å². The molecule has 2 rings (SSSR count). The van der Waals surface area contributed by atoms with E-state index in [0.717, 1.165) is 11.4 Å². The third-order valence-corrected chi connectivity index (χ3v) is 2.59. The lowest BCUT2D eigenvalue weighted by atomic mass is 10.1. The predicted molar refractivity (Wildman–Crippen MR) is 72.4 cm³/mol. The summed E-state index contributed by atoms with van der Waals surface area (Å²) in [5, 5.41) is 17.8. The highest BCUT2D eigenvalue weighted by molar-refractivity contribution is 5.36. The lowest BCUT2D eigenvalue weighted by Gasteiger charge is -2.12. The molecule has 0 amide bonds. The van der Waals surface area contributed by atoms with Crippen molar-refractivity contribution in [1.82, 2.24) is 15.0 Å². The molecule has 0 unspecified atom stereocenters. The molecule has 0 saturated heterocycles. The minimum atomic E-state index is -0.987. The number of hydrogen-bond acceptors (Lipinski definition) is 4. The Balaban J connectivity index is 2.20. The number of aromatic nitrogens is 3. The Morgan fingerprint density at radius 1 is 1.21 bits per heavy atom. The van der Waals surface area contributed by atoms with Crippen molar-refractivity contribution in [2.45, 2.75) is 39.4 Å². The first-order valence-electron chi connectivity index (χ1n) is 6.28. The minimum Gasteiger partial charge on any atom is -0.491 e. The largest absolute Gasteiger partial charge is 0.491 e. The van der Waals surface area contributed by atoms with Crippen LogP contribution in [-0.4, -0.2) is 26.2 Å². The van der Waals surface area contributed by atoms with Gasteiger partial charge in [-0.2, -0.15) is 0 Å². The second-order valence-corrected chi connectivity index (χ2v) is 5.27. The lowest BCUT2D eigenvalue weighted by Crippen LogP contribution is -2.15. The molecule has 19 heavy (non-hydrogen) atoms. The van der Waals surface area contributed by atoms with Gasteiger partial charge in [-0.05, 0) is 52.0 Å². The Morgan fingerprint density at radius 3 is 2.32 bits per heavy atom. The van der Waals surface area contributed by atoms with E-state index in [1.165, 1.54) is 0 Å². The summed E-state index contributed by atoms with van der Waals surface area (Å²) in [6.07, 6.45) is 1.87. The quantitative estimate of drug-likeness (QED) is 0.917.